The van der Waals surface area contributed by atoms with Crippen molar-refractivity contribution in [2.45, 2.75) is 0 Å². The number of benzene rings is 1. The van der Waals surface area contributed by atoms with Crippen LogP contribution in [0, 0.1) is 5.82 Å². The molecule has 2 heterocycles. The molecule has 2 aromatic heterocycles. The van der Waals surface area contributed by atoms with Crippen molar-refractivity contribution in [2.75, 3.05) is 7.11 Å². The monoisotopic (exact) mass is 285 g/mol. The molecule has 1 aromatic carbocycles. The average molecular weight is 285 g/mol. The number of ether oxygens (including phenoxy) is 1. The van der Waals surface area contributed by atoms with Gasteiger partial charge in [0, 0.05) is 12.4 Å². The molecule has 3 aromatic rings. The molecule has 0 fully saturated rings. The van der Waals surface area contributed by atoms with Gasteiger partial charge in [0.05, 0.1) is 19.0 Å². The topological polar surface area (TPSA) is 49.0 Å². The second-order valence-corrected chi connectivity index (χ2v) is 4.36. The molecular formula is C15H12FN3O2. The highest BCUT2D eigenvalue weighted by molar-refractivity contribution is 5.92. The molecule has 0 aliphatic carbocycles. The molecule has 106 valence electrons. The van der Waals surface area contributed by atoms with Crippen LogP contribution in [0.5, 0.6) is 0 Å². The highest BCUT2D eigenvalue weighted by Gasteiger charge is 2.20. The Kier molecular flexibility index (Phi) is 3.27. The van der Waals surface area contributed by atoms with E-state index in [1.807, 2.05) is 12.1 Å². The summed E-state index contributed by atoms with van der Waals surface area (Å²) in [5.41, 5.74) is 0.826. The number of halogens is 1. The Labute approximate surface area is 120 Å². The molecule has 0 saturated carbocycles. The van der Waals surface area contributed by atoms with Gasteiger partial charge in [-0.25, -0.2) is 13.9 Å². The molecule has 0 radical (unpaired) electrons. The molecule has 0 saturated heterocycles. The number of esters is 1. The van der Waals surface area contributed by atoms with E-state index in [2.05, 4.69) is 5.10 Å². The predicted molar refractivity (Wildman–Crippen MR) is 74.2 cm³/mol. The lowest BCUT2D eigenvalue weighted by atomic mass is 10.3. The number of aromatic nitrogens is 3. The van der Waals surface area contributed by atoms with Crippen LogP contribution in [0.25, 0.3) is 11.5 Å². The fourth-order valence-electron chi connectivity index (χ4n) is 2.12. The number of hydrogen-bond donors (Lipinski definition) is 0. The van der Waals surface area contributed by atoms with Gasteiger partial charge in [0.15, 0.2) is 5.82 Å². The van der Waals surface area contributed by atoms with Crippen LogP contribution in [0.2, 0.25) is 0 Å². The van der Waals surface area contributed by atoms with Crippen molar-refractivity contribution < 1.29 is 13.9 Å². The lowest BCUT2D eigenvalue weighted by molar-refractivity contribution is 0.0600. The van der Waals surface area contributed by atoms with Crippen molar-refractivity contribution in [3.63, 3.8) is 0 Å². The van der Waals surface area contributed by atoms with Crippen LogP contribution in [0.1, 0.15) is 10.4 Å². The zero-order valence-corrected chi connectivity index (χ0v) is 11.2. The van der Waals surface area contributed by atoms with Gasteiger partial charge in [0.25, 0.3) is 0 Å². The van der Waals surface area contributed by atoms with Crippen molar-refractivity contribution in [3.8, 4) is 11.5 Å². The van der Waals surface area contributed by atoms with E-state index in [1.54, 1.807) is 29.1 Å². The van der Waals surface area contributed by atoms with Gasteiger partial charge >= 0.3 is 5.97 Å². The molecule has 0 unspecified atom stereocenters. The summed E-state index contributed by atoms with van der Waals surface area (Å²) < 4.78 is 21.4. The summed E-state index contributed by atoms with van der Waals surface area (Å²) in [5, 5.41) is 4.18. The van der Waals surface area contributed by atoms with Crippen LogP contribution in [-0.2, 0) is 4.74 Å². The van der Waals surface area contributed by atoms with Gasteiger partial charge in [0.1, 0.15) is 11.4 Å². The number of hydrogen-bond acceptors (Lipinski definition) is 3. The molecule has 6 heteroatoms. The van der Waals surface area contributed by atoms with E-state index in [-0.39, 0.29) is 5.82 Å². The maximum Gasteiger partial charge on any atom is 0.343 e. The van der Waals surface area contributed by atoms with Crippen LogP contribution < -0.4 is 0 Å². The van der Waals surface area contributed by atoms with Gasteiger partial charge in [-0.15, -0.1) is 0 Å². The van der Waals surface area contributed by atoms with Gasteiger partial charge in [-0.3, -0.25) is 0 Å². The molecule has 3 rings (SSSR count). The molecule has 0 N–H and O–H groups in total. The van der Waals surface area contributed by atoms with Crippen LogP contribution in [-0.4, -0.2) is 27.4 Å². The molecule has 0 atom stereocenters. The van der Waals surface area contributed by atoms with E-state index in [9.17, 15) is 9.18 Å². The van der Waals surface area contributed by atoms with E-state index < -0.39 is 5.97 Å². The minimum atomic E-state index is -0.499. The average Bonchev–Trinajstić information content (AvgIpc) is 3.15. The lowest BCUT2D eigenvalue weighted by Gasteiger charge is -2.10. The van der Waals surface area contributed by atoms with E-state index >= 15 is 0 Å². The first kappa shape index (κ1) is 13.1. The van der Waals surface area contributed by atoms with Crippen LogP contribution >= 0.6 is 0 Å². The molecule has 0 bridgehead atoms. The van der Waals surface area contributed by atoms with Crippen molar-refractivity contribution in [1.29, 1.82) is 0 Å². The Morgan fingerprint density at radius 2 is 2.00 bits per heavy atom. The first-order valence-corrected chi connectivity index (χ1v) is 6.26. The third kappa shape index (κ3) is 2.31. The maximum atomic E-state index is 13.4. The normalized spacial score (nSPS) is 10.6. The van der Waals surface area contributed by atoms with E-state index in [0.29, 0.717) is 17.1 Å². The largest absolute Gasteiger partial charge is 0.465 e. The Balaban J connectivity index is 2.22. The summed E-state index contributed by atoms with van der Waals surface area (Å²) in [7, 11) is 1.31. The van der Waals surface area contributed by atoms with Crippen LogP contribution in [0.15, 0.2) is 55.0 Å². The minimum absolute atomic E-state index is 0.304. The summed E-state index contributed by atoms with van der Waals surface area (Å²) in [6.07, 6.45) is 4.96. The summed E-state index contributed by atoms with van der Waals surface area (Å²) in [6.45, 7) is 0. The Morgan fingerprint density at radius 3 is 2.67 bits per heavy atom. The minimum Gasteiger partial charge on any atom is -0.465 e. The van der Waals surface area contributed by atoms with Crippen molar-refractivity contribution in [2.24, 2.45) is 0 Å². The zero-order chi connectivity index (χ0) is 14.8. The Bertz CT molecular complexity index is 778. The number of carbonyl (C=O) groups is 1. The maximum absolute atomic E-state index is 13.4. The molecule has 0 aliphatic rings. The van der Waals surface area contributed by atoms with Gasteiger partial charge in [0.2, 0.25) is 0 Å². The fraction of sp³-hybridized carbons (Fsp3) is 0.0667. The molecule has 0 spiro atoms. The Hall–Kier alpha value is -2.89. The van der Waals surface area contributed by atoms with Crippen LogP contribution in [0.3, 0.4) is 0 Å². The standard InChI is InChI=1S/C15H12FN3O2/c1-21-15(20)13-10-17-19(12-6-4-5-11(16)9-12)14(13)18-7-2-3-8-18/h2-10H,1H3. The SMILES string of the molecule is COC(=O)c1cnn(-c2cccc(F)c2)c1-n1cccc1. The number of nitrogens with zero attached hydrogens (tertiary/aromatic N) is 3. The summed E-state index contributed by atoms with van der Waals surface area (Å²) in [5.74, 6) is -0.375. The highest BCUT2D eigenvalue weighted by atomic mass is 19.1. The number of rotatable bonds is 3. The van der Waals surface area contributed by atoms with E-state index in [0.717, 1.165) is 0 Å². The zero-order valence-electron chi connectivity index (χ0n) is 11.2. The first-order chi connectivity index (χ1) is 10.2. The smallest absolute Gasteiger partial charge is 0.343 e. The predicted octanol–water partition coefficient (Wildman–Crippen LogP) is 2.59. The van der Waals surface area contributed by atoms with Gasteiger partial charge in [-0.2, -0.15) is 5.10 Å². The molecule has 0 aliphatic heterocycles. The Morgan fingerprint density at radius 1 is 1.24 bits per heavy atom. The quantitative estimate of drug-likeness (QED) is 0.695. The second-order valence-electron chi connectivity index (χ2n) is 4.36. The fourth-order valence-corrected chi connectivity index (χ4v) is 2.12. The van der Waals surface area contributed by atoms with Crippen molar-refractivity contribution >= 4 is 5.97 Å². The van der Waals surface area contributed by atoms with E-state index in [4.69, 9.17) is 4.74 Å². The number of methoxy groups -OCH3 is 1. The lowest BCUT2D eigenvalue weighted by Crippen LogP contribution is -2.09. The second kappa shape index (κ2) is 5.24. The van der Waals surface area contributed by atoms with Crippen molar-refractivity contribution in [1.82, 2.24) is 14.3 Å². The first-order valence-electron chi connectivity index (χ1n) is 6.26. The molecular weight excluding hydrogens is 273 g/mol. The summed E-state index contributed by atoms with van der Waals surface area (Å²) in [6, 6.07) is 9.65. The molecule has 21 heavy (non-hydrogen) atoms. The summed E-state index contributed by atoms with van der Waals surface area (Å²) >= 11 is 0. The summed E-state index contributed by atoms with van der Waals surface area (Å²) in [4.78, 5) is 11.9. The molecule has 0 amide bonds. The third-order valence-corrected chi connectivity index (χ3v) is 3.05. The van der Waals surface area contributed by atoms with Crippen molar-refractivity contribution in [3.05, 3.63) is 66.4 Å². The van der Waals surface area contributed by atoms with Gasteiger partial charge in [-0.05, 0) is 30.3 Å². The molecule has 5 nitrogen and oxygen atoms in total. The van der Waals surface area contributed by atoms with Crippen LogP contribution in [0.4, 0.5) is 4.39 Å². The third-order valence-electron chi connectivity index (χ3n) is 3.05. The van der Waals surface area contributed by atoms with Gasteiger partial charge in [-0.1, -0.05) is 6.07 Å². The van der Waals surface area contributed by atoms with E-state index in [1.165, 1.54) is 30.1 Å². The number of carbonyl (C=O) groups excluding carboxylic acids is 1. The van der Waals surface area contributed by atoms with Gasteiger partial charge < -0.3 is 9.30 Å². The highest BCUT2D eigenvalue weighted by Crippen LogP contribution is 2.20.